The highest BCUT2D eigenvalue weighted by Gasteiger charge is 2.11. The van der Waals surface area contributed by atoms with Crippen LogP contribution in [0.1, 0.15) is 24.8 Å². The molecule has 1 heterocycles. The lowest BCUT2D eigenvalue weighted by Crippen LogP contribution is -2.53. The number of piperidine rings is 1. The molecule has 6 heteroatoms. The van der Waals surface area contributed by atoms with Crippen LogP contribution < -0.4 is 16.1 Å². The normalized spacial score (nSPS) is 15.2. The maximum absolute atomic E-state index is 7.81. The van der Waals surface area contributed by atoms with Crippen LogP contribution >= 0.6 is 0 Å². The molecule has 2 rings (SSSR count). The summed E-state index contributed by atoms with van der Waals surface area (Å²) >= 11 is 0. The summed E-state index contributed by atoms with van der Waals surface area (Å²) in [6.45, 7) is 2.59. The van der Waals surface area contributed by atoms with E-state index in [0.29, 0.717) is 6.54 Å². The summed E-state index contributed by atoms with van der Waals surface area (Å²) in [5, 5.41) is 23.3. The van der Waals surface area contributed by atoms with Gasteiger partial charge in [-0.1, -0.05) is 36.8 Å². The lowest BCUT2D eigenvalue weighted by molar-refractivity contribution is 0.192. The highest BCUT2D eigenvalue weighted by molar-refractivity contribution is 5.95. The molecule has 0 atom stereocenters. The van der Waals surface area contributed by atoms with Gasteiger partial charge >= 0.3 is 0 Å². The Morgan fingerprint density at radius 3 is 2.43 bits per heavy atom. The molecular formula is C15H24N6. The summed E-state index contributed by atoms with van der Waals surface area (Å²) in [6, 6.07) is 10.2. The monoisotopic (exact) mass is 288 g/mol. The fourth-order valence-electron chi connectivity index (χ4n) is 2.34. The van der Waals surface area contributed by atoms with E-state index in [4.69, 9.17) is 10.8 Å². The zero-order chi connectivity index (χ0) is 14.9. The highest BCUT2D eigenvalue weighted by atomic mass is 15.5. The molecule has 5 N–H and O–H groups in total. The van der Waals surface area contributed by atoms with Crippen molar-refractivity contribution >= 4 is 11.9 Å². The van der Waals surface area contributed by atoms with Crippen LogP contribution in [0.4, 0.5) is 0 Å². The molecule has 114 valence electrons. The van der Waals surface area contributed by atoms with E-state index in [-0.39, 0.29) is 11.9 Å². The maximum Gasteiger partial charge on any atom is 0.210 e. The molecule has 0 aliphatic carbocycles. The summed E-state index contributed by atoms with van der Waals surface area (Å²) in [7, 11) is 0. The molecule has 0 amide bonds. The molecule has 1 aromatic rings. The molecule has 0 aromatic heterocycles. The molecule has 0 bridgehead atoms. The minimum absolute atomic E-state index is 0.147. The Balaban J connectivity index is 1.61. The molecule has 0 radical (unpaired) electrons. The van der Waals surface area contributed by atoms with E-state index in [1.54, 1.807) is 0 Å². The molecule has 1 aromatic carbocycles. The van der Waals surface area contributed by atoms with Gasteiger partial charge in [0.2, 0.25) is 5.96 Å². The maximum atomic E-state index is 7.81. The SMILES string of the molecule is N=C(NCCc1ccccc1)NC(=N)NN1CCCCC1. The van der Waals surface area contributed by atoms with E-state index in [1.807, 2.05) is 23.2 Å². The number of hydrogen-bond acceptors (Lipinski definition) is 3. The van der Waals surface area contributed by atoms with Gasteiger partial charge in [-0.15, -0.1) is 0 Å². The number of nitrogens with one attached hydrogen (secondary N) is 5. The lowest BCUT2D eigenvalue weighted by atomic mass is 10.1. The fourth-order valence-corrected chi connectivity index (χ4v) is 2.34. The van der Waals surface area contributed by atoms with E-state index < -0.39 is 0 Å². The van der Waals surface area contributed by atoms with Crippen molar-refractivity contribution in [1.82, 2.24) is 21.1 Å². The molecule has 1 fully saturated rings. The third-order valence-electron chi connectivity index (χ3n) is 3.43. The van der Waals surface area contributed by atoms with Gasteiger partial charge in [0.1, 0.15) is 0 Å². The molecule has 1 aliphatic heterocycles. The van der Waals surface area contributed by atoms with Crippen LogP contribution in [0, 0.1) is 10.8 Å². The smallest absolute Gasteiger partial charge is 0.210 e. The first-order chi connectivity index (χ1) is 10.2. The molecule has 0 saturated carbocycles. The van der Waals surface area contributed by atoms with Gasteiger partial charge < -0.3 is 5.32 Å². The van der Waals surface area contributed by atoms with Crippen LogP contribution in [-0.4, -0.2) is 36.6 Å². The van der Waals surface area contributed by atoms with Crippen molar-refractivity contribution in [2.45, 2.75) is 25.7 Å². The van der Waals surface area contributed by atoms with Gasteiger partial charge in [0.05, 0.1) is 0 Å². The average Bonchev–Trinajstić information content (AvgIpc) is 2.49. The molecule has 1 saturated heterocycles. The van der Waals surface area contributed by atoms with Crippen LogP contribution in [0.3, 0.4) is 0 Å². The second-order valence-corrected chi connectivity index (χ2v) is 5.20. The molecule has 0 unspecified atom stereocenters. The third kappa shape index (κ3) is 5.83. The van der Waals surface area contributed by atoms with Crippen molar-refractivity contribution < 1.29 is 0 Å². The average molecular weight is 288 g/mol. The molecule has 6 nitrogen and oxygen atoms in total. The number of nitrogens with zero attached hydrogens (tertiary/aromatic N) is 1. The minimum atomic E-state index is 0.147. The number of hydrogen-bond donors (Lipinski definition) is 5. The van der Waals surface area contributed by atoms with E-state index >= 15 is 0 Å². The van der Waals surface area contributed by atoms with Gasteiger partial charge in [-0.3, -0.25) is 21.6 Å². The quantitative estimate of drug-likeness (QED) is 0.426. The molecule has 1 aliphatic rings. The van der Waals surface area contributed by atoms with Crippen LogP contribution in [0.5, 0.6) is 0 Å². The Bertz CT molecular complexity index is 452. The second kappa shape index (κ2) is 8.26. The third-order valence-corrected chi connectivity index (χ3v) is 3.43. The van der Waals surface area contributed by atoms with Crippen LogP contribution in [-0.2, 0) is 6.42 Å². The van der Waals surface area contributed by atoms with Crippen molar-refractivity contribution in [3.63, 3.8) is 0 Å². The van der Waals surface area contributed by atoms with Crippen molar-refractivity contribution in [3.05, 3.63) is 35.9 Å². The molecule has 0 spiro atoms. The summed E-state index contributed by atoms with van der Waals surface area (Å²) in [5.74, 6) is 0.301. The van der Waals surface area contributed by atoms with Crippen molar-refractivity contribution in [2.24, 2.45) is 0 Å². The van der Waals surface area contributed by atoms with Gasteiger partial charge in [0.25, 0.3) is 0 Å². The van der Waals surface area contributed by atoms with Gasteiger partial charge in [0.15, 0.2) is 5.96 Å². The topological polar surface area (TPSA) is 87.0 Å². The minimum Gasteiger partial charge on any atom is -0.356 e. The number of hydrazine groups is 1. The van der Waals surface area contributed by atoms with Gasteiger partial charge in [-0.05, 0) is 24.8 Å². The van der Waals surface area contributed by atoms with Gasteiger partial charge in [0, 0.05) is 19.6 Å². The summed E-state index contributed by atoms with van der Waals surface area (Å²) in [4.78, 5) is 0. The van der Waals surface area contributed by atoms with Crippen molar-refractivity contribution in [1.29, 1.82) is 10.8 Å². The van der Waals surface area contributed by atoms with Crippen molar-refractivity contribution in [3.8, 4) is 0 Å². The number of rotatable bonds is 4. The molecular weight excluding hydrogens is 264 g/mol. The predicted octanol–water partition coefficient (Wildman–Crippen LogP) is 1.27. The summed E-state index contributed by atoms with van der Waals surface area (Å²) in [6.07, 6.45) is 4.44. The second-order valence-electron chi connectivity index (χ2n) is 5.20. The van der Waals surface area contributed by atoms with E-state index in [2.05, 4.69) is 28.2 Å². The Morgan fingerprint density at radius 1 is 1.00 bits per heavy atom. The zero-order valence-corrected chi connectivity index (χ0v) is 12.3. The standard InChI is InChI=1S/C15H24N6/c16-14(18-10-9-13-7-3-1-4-8-13)19-15(17)20-21-11-5-2-6-12-21/h1,3-4,7-8H,2,5-6,9-12H2,(H5,16,17,18,19,20). The van der Waals surface area contributed by atoms with Crippen LogP contribution in [0.2, 0.25) is 0 Å². The van der Waals surface area contributed by atoms with E-state index in [0.717, 1.165) is 32.4 Å². The van der Waals surface area contributed by atoms with Crippen LogP contribution in [0.15, 0.2) is 30.3 Å². The largest absolute Gasteiger partial charge is 0.356 e. The Kier molecular flexibility index (Phi) is 6.02. The highest BCUT2D eigenvalue weighted by Crippen LogP contribution is 2.05. The Morgan fingerprint density at radius 2 is 1.71 bits per heavy atom. The number of benzene rings is 1. The number of guanidine groups is 2. The summed E-state index contributed by atoms with van der Waals surface area (Å²) < 4.78 is 0. The zero-order valence-electron chi connectivity index (χ0n) is 12.3. The molecule has 21 heavy (non-hydrogen) atoms. The van der Waals surface area contributed by atoms with E-state index in [1.165, 1.54) is 12.0 Å². The lowest BCUT2D eigenvalue weighted by Gasteiger charge is -2.28. The first kappa shape index (κ1) is 15.3. The predicted molar refractivity (Wildman–Crippen MR) is 85.3 cm³/mol. The van der Waals surface area contributed by atoms with Crippen LogP contribution in [0.25, 0.3) is 0 Å². The van der Waals surface area contributed by atoms with E-state index in [9.17, 15) is 0 Å². The Hall–Kier alpha value is -2.08. The van der Waals surface area contributed by atoms with Gasteiger partial charge in [-0.2, -0.15) is 0 Å². The first-order valence-corrected chi connectivity index (χ1v) is 7.47. The summed E-state index contributed by atoms with van der Waals surface area (Å²) in [5.41, 5.74) is 4.22. The fraction of sp³-hybridized carbons (Fsp3) is 0.467. The van der Waals surface area contributed by atoms with Gasteiger partial charge in [-0.25, -0.2) is 5.01 Å². The Labute approximate surface area is 125 Å². The van der Waals surface area contributed by atoms with Crippen molar-refractivity contribution in [2.75, 3.05) is 19.6 Å². The first-order valence-electron chi connectivity index (χ1n) is 7.47.